The van der Waals surface area contributed by atoms with Crippen LogP contribution in [0.5, 0.6) is 0 Å². The second-order valence-corrected chi connectivity index (χ2v) is 6.04. The van der Waals surface area contributed by atoms with Gasteiger partial charge in [0.2, 0.25) is 0 Å². The van der Waals surface area contributed by atoms with Gasteiger partial charge >= 0.3 is 0 Å². The molecule has 3 aromatic rings. The number of benzene rings is 2. The number of halogens is 2. The summed E-state index contributed by atoms with van der Waals surface area (Å²) in [5, 5.41) is 5.85. The van der Waals surface area contributed by atoms with Crippen LogP contribution in [0, 0.1) is 0 Å². The fraction of sp³-hybridized carbons (Fsp3) is 0.250. The number of nitrogens with zero attached hydrogens (tertiary/aromatic N) is 1. The lowest BCUT2D eigenvalue weighted by Crippen LogP contribution is -2.21. The molecule has 1 aliphatic heterocycles. The number of hydrogen-bond donors (Lipinski definition) is 1. The molecule has 2 heterocycles. The molecule has 0 aliphatic carbocycles. The van der Waals surface area contributed by atoms with Crippen molar-refractivity contribution in [2.75, 3.05) is 13.1 Å². The first-order valence-corrected chi connectivity index (χ1v) is 8.11. The SMILES string of the molecule is Cl.Cl.c1ccc(C2CNCC2OCc2cccc3cnccc23)cc1. The highest BCUT2D eigenvalue weighted by molar-refractivity contribution is 5.86. The number of ether oxygens (including phenoxy) is 1. The van der Waals surface area contributed by atoms with Crippen LogP contribution < -0.4 is 5.32 Å². The maximum atomic E-state index is 6.28. The summed E-state index contributed by atoms with van der Waals surface area (Å²) in [4.78, 5) is 4.19. The molecule has 2 aromatic carbocycles. The van der Waals surface area contributed by atoms with Crippen LogP contribution in [-0.4, -0.2) is 24.2 Å². The molecule has 1 saturated heterocycles. The van der Waals surface area contributed by atoms with Crippen LogP contribution in [0.2, 0.25) is 0 Å². The second kappa shape index (κ2) is 9.16. The maximum Gasteiger partial charge on any atom is 0.0784 e. The fourth-order valence-electron chi connectivity index (χ4n) is 3.37. The molecule has 1 N–H and O–H groups in total. The first-order valence-electron chi connectivity index (χ1n) is 8.11. The lowest BCUT2D eigenvalue weighted by atomic mass is 9.96. The van der Waals surface area contributed by atoms with Gasteiger partial charge in [-0.1, -0.05) is 48.5 Å². The number of fused-ring (bicyclic) bond motifs is 1. The summed E-state index contributed by atoms with van der Waals surface area (Å²) in [5.41, 5.74) is 2.58. The Morgan fingerprint density at radius 3 is 2.64 bits per heavy atom. The largest absolute Gasteiger partial charge is 0.372 e. The molecule has 1 aliphatic rings. The van der Waals surface area contributed by atoms with E-state index in [0.29, 0.717) is 12.5 Å². The Bertz CT molecular complexity index is 793. The van der Waals surface area contributed by atoms with Gasteiger partial charge < -0.3 is 10.1 Å². The van der Waals surface area contributed by atoms with Gasteiger partial charge in [0.15, 0.2) is 0 Å². The first kappa shape index (κ1) is 19.7. The maximum absolute atomic E-state index is 6.28. The van der Waals surface area contributed by atoms with Gasteiger partial charge in [0.05, 0.1) is 12.7 Å². The molecule has 2 atom stereocenters. The van der Waals surface area contributed by atoms with Crippen molar-refractivity contribution in [2.45, 2.75) is 18.6 Å². The summed E-state index contributed by atoms with van der Waals surface area (Å²) in [6, 6.07) is 19.0. The van der Waals surface area contributed by atoms with Crippen molar-refractivity contribution in [1.82, 2.24) is 10.3 Å². The molecule has 132 valence electrons. The Balaban J connectivity index is 0.00000113. The summed E-state index contributed by atoms with van der Waals surface area (Å²) >= 11 is 0. The van der Waals surface area contributed by atoms with E-state index in [1.54, 1.807) is 0 Å². The molecule has 3 nitrogen and oxygen atoms in total. The quantitative estimate of drug-likeness (QED) is 0.734. The van der Waals surface area contributed by atoms with Gasteiger partial charge in [0.1, 0.15) is 0 Å². The smallest absolute Gasteiger partial charge is 0.0784 e. The molecule has 1 aromatic heterocycles. The van der Waals surface area contributed by atoms with Crippen molar-refractivity contribution >= 4 is 35.6 Å². The topological polar surface area (TPSA) is 34.1 Å². The summed E-state index contributed by atoms with van der Waals surface area (Å²) in [5.74, 6) is 0.424. The van der Waals surface area contributed by atoms with Crippen LogP contribution in [-0.2, 0) is 11.3 Å². The van der Waals surface area contributed by atoms with Gasteiger partial charge in [0, 0.05) is 36.8 Å². The Labute approximate surface area is 160 Å². The van der Waals surface area contributed by atoms with E-state index in [2.05, 4.69) is 64.9 Å². The lowest BCUT2D eigenvalue weighted by molar-refractivity contribution is 0.0439. The van der Waals surface area contributed by atoms with Gasteiger partial charge in [0.25, 0.3) is 0 Å². The molecular weight excluding hydrogens is 355 g/mol. The molecule has 0 bridgehead atoms. The predicted octanol–water partition coefficient (Wildman–Crippen LogP) is 4.35. The van der Waals surface area contributed by atoms with E-state index in [0.717, 1.165) is 18.5 Å². The van der Waals surface area contributed by atoms with Crippen molar-refractivity contribution in [1.29, 1.82) is 0 Å². The Hall–Kier alpha value is -1.65. The normalized spacial score (nSPS) is 19.2. The van der Waals surface area contributed by atoms with E-state index in [4.69, 9.17) is 4.74 Å². The van der Waals surface area contributed by atoms with E-state index in [1.807, 2.05) is 12.4 Å². The third-order valence-electron chi connectivity index (χ3n) is 4.61. The van der Waals surface area contributed by atoms with E-state index in [9.17, 15) is 0 Å². The monoisotopic (exact) mass is 376 g/mol. The molecule has 1 fully saturated rings. The molecule has 2 unspecified atom stereocenters. The number of hydrogen-bond acceptors (Lipinski definition) is 3. The standard InChI is InChI=1S/C20H20N2O.2ClH/c1-2-5-15(6-3-1)19-12-22-13-20(19)23-14-17-8-4-7-16-11-21-10-9-18(16)17;;/h1-11,19-20,22H,12-14H2;2*1H. The van der Waals surface area contributed by atoms with Gasteiger partial charge in [-0.3, -0.25) is 4.98 Å². The average Bonchev–Trinajstić information content (AvgIpc) is 3.09. The minimum absolute atomic E-state index is 0. The van der Waals surface area contributed by atoms with Crippen LogP contribution in [0.3, 0.4) is 0 Å². The third-order valence-corrected chi connectivity index (χ3v) is 4.61. The highest BCUT2D eigenvalue weighted by atomic mass is 35.5. The van der Waals surface area contributed by atoms with Crippen LogP contribution >= 0.6 is 24.8 Å². The third kappa shape index (κ3) is 4.31. The average molecular weight is 377 g/mol. The molecule has 5 heteroatoms. The molecule has 25 heavy (non-hydrogen) atoms. The second-order valence-electron chi connectivity index (χ2n) is 6.04. The highest BCUT2D eigenvalue weighted by Gasteiger charge is 2.29. The van der Waals surface area contributed by atoms with Crippen LogP contribution in [0.4, 0.5) is 0 Å². The zero-order valence-electron chi connectivity index (χ0n) is 13.8. The van der Waals surface area contributed by atoms with E-state index >= 15 is 0 Å². The Morgan fingerprint density at radius 2 is 1.80 bits per heavy atom. The van der Waals surface area contributed by atoms with E-state index in [1.165, 1.54) is 16.5 Å². The van der Waals surface area contributed by atoms with Crippen molar-refractivity contribution in [3.05, 3.63) is 78.1 Å². The molecule has 4 rings (SSSR count). The molecule has 0 radical (unpaired) electrons. The van der Waals surface area contributed by atoms with Crippen LogP contribution in [0.15, 0.2) is 67.0 Å². The minimum Gasteiger partial charge on any atom is -0.372 e. The van der Waals surface area contributed by atoms with Gasteiger partial charge in [-0.05, 0) is 22.6 Å². The fourth-order valence-corrected chi connectivity index (χ4v) is 3.37. The van der Waals surface area contributed by atoms with E-state index < -0.39 is 0 Å². The van der Waals surface area contributed by atoms with Gasteiger partial charge in [-0.2, -0.15) is 0 Å². The van der Waals surface area contributed by atoms with Crippen molar-refractivity contribution in [3.63, 3.8) is 0 Å². The molecule has 0 saturated carbocycles. The predicted molar refractivity (Wildman–Crippen MR) is 107 cm³/mol. The summed E-state index contributed by atoms with van der Waals surface area (Å²) in [6.07, 6.45) is 3.97. The first-order chi connectivity index (χ1) is 11.4. The number of rotatable bonds is 4. The van der Waals surface area contributed by atoms with Crippen LogP contribution in [0.1, 0.15) is 17.0 Å². The van der Waals surface area contributed by atoms with Gasteiger partial charge in [-0.25, -0.2) is 0 Å². The van der Waals surface area contributed by atoms with Crippen molar-refractivity contribution in [3.8, 4) is 0 Å². The Morgan fingerprint density at radius 1 is 0.960 bits per heavy atom. The number of pyridine rings is 1. The highest BCUT2D eigenvalue weighted by Crippen LogP contribution is 2.27. The molecule has 0 amide bonds. The lowest BCUT2D eigenvalue weighted by Gasteiger charge is -2.20. The molecular formula is C20H22Cl2N2O. The van der Waals surface area contributed by atoms with Crippen molar-refractivity contribution < 1.29 is 4.74 Å². The van der Waals surface area contributed by atoms with Crippen molar-refractivity contribution in [2.24, 2.45) is 0 Å². The van der Waals surface area contributed by atoms with Gasteiger partial charge in [-0.15, -0.1) is 24.8 Å². The van der Waals surface area contributed by atoms with E-state index in [-0.39, 0.29) is 30.9 Å². The zero-order valence-corrected chi connectivity index (χ0v) is 15.4. The van der Waals surface area contributed by atoms with Crippen LogP contribution in [0.25, 0.3) is 10.8 Å². The number of nitrogens with one attached hydrogen (secondary N) is 1. The summed E-state index contributed by atoms with van der Waals surface area (Å²) < 4.78 is 6.28. The summed E-state index contributed by atoms with van der Waals surface area (Å²) in [6.45, 7) is 2.52. The summed E-state index contributed by atoms with van der Waals surface area (Å²) in [7, 11) is 0. The zero-order chi connectivity index (χ0) is 15.5. The minimum atomic E-state index is 0. The number of aromatic nitrogens is 1. The Kier molecular flexibility index (Phi) is 7.21. The molecule has 0 spiro atoms.